The quantitative estimate of drug-likeness (QED) is 0.351. The van der Waals surface area contributed by atoms with E-state index >= 15 is 0 Å². The molecule has 2 aromatic carbocycles. The van der Waals surface area contributed by atoms with Crippen LogP contribution in [0.1, 0.15) is 50.7 Å². The van der Waals surface area contributed by atoms with Crippen LogP contribution in [0.15, 0.2) is 42.5 Å². The Kier molecular flexibility index (Phi) is 7.68. The minimum atomic E-state index is -5.78. The first-order chi connectivity index (χ1) is 16.2. The number of carbonyl (C=O) groups excluding carboxylic acids is 1. The molecule has 0 aliphatic heterocycles. The van der Waals surface area contributed by atoms with Gasteiger partial charge >= 0.3 is 12.4 Å². The van der Waals surface area contributed by atoms with E-state index in [1.807, 2.05) is 0 Å². The topological polar surface area (TPSA) is 75.6 Å². The highest BCUT2D eigenvalue weighted by Crippen LogP contribution is 2.52. The molecule has 2 atom stereocenters. The van der Waals surface area contributed by atoms with E-state index < -0.39 is 45.8 Å². The molecule has 1 aliphatic rings. The van der Waals surface area contributed by atoms with Crippen LogP contribution in [-0.4, -0.2) is 34.1 Å². The molecule has 0 saturated heterocycles. The summed E-state index contributed by atoms with van der Waals surface area (Å²) in [6, 6.07) is 8.03. The molecule has 1 aliphatic carbocycles. The van der Waals surface area contributed by atoms with E-state index in [9.17, 15) is 39.9 Å². The number of methoxy groups -OCH3 is 1. The number of rotatable bonds is 8. The molecule has 2 aromatic rings. The smallest absolute Gasteiger partial charge is 0.357 e. The molecular formula is C23H23F6NO4S. The summed E-state index contributed by atoms with van der Waals surface area (Å²) in [6.07, 6.45) is -9.81. The molecular weight excluding hydrogens is 500 g/mol. The molecule has 5 nitrogen and oxygen atoms in total. The van der Waals surface area contributed by atoms with Crippen molar-refractivity contribution >= 4 is 17.0 Å². The number of ether oxygens (including phenoxy) is 1. The standard InChI is InChI=1S/C23H23F6NO4S/c1-13-11-16(19(35(32)33)14-3-4-14)5-6-17(13)12-30-20(31)15-7-9-18(10-8-15)21(34-2,22(24,25)26)23(27,28)29/h5-11,14,19H,3-4,12H2,1-2H3,(H,30,31)(H,32,33). The van der Waals surface area contributed by atoms with Gasteiger partial charge in [-0.15, -0.1) is 0 Å². The van der Waals surface area contributed by atoms with Gasteiger partial charge in [0.2, 0.25) is 0 Å². The van der Waals surface area contributed by atoms with Crippen LogP contribution in [0.2, 0.25) is 0 Å². The molecule has 2 N–H and O–H groups in total. The fourth-order valence-corrected chi connectivity index (χ4v) is 5.00. The molecule has 2 unspecified atom stereocenters. The molecule has 0 spiro atoms. The predicted octanol–water partition coefficient (Wildman–Crippen LogP) is 5.56. The zero-order valence-electron chi connectivity index (χ0n) is 18.7. The Balaban J connectivity index is 1.74. The van der Waals surface area contributed by atoms with Crippen LogP contribution in [0.25, 0.3) is 0 Å². The van der Waals surface area contributed by atoms with E-state index in [-0.39, 0.29) is 18.0 Å². The summed E-state index contributed by atoms with van der Waals surface area (Å²) >= 11 is -2.01. The number of hydrogen-bond acceptors (Lipinski definition) is 3. The number of amides is 1. The van der Waals surface area contributed by atoms with Gasteiger partial charge < -0.3 is 14.6 Å². The van der Waals surface area contributed by atoms with Crippen molar-refractivity contribution in [2.45, 2.75) is 49.5 Å². The van der Waals surface area contributed by atoms with Gasteiger partial charge in [0.15, 0.2) is 11.1 Å². The Morgan fingerprint density at radius 3 is 2.09 bits per heavy atom. The fourth-order valence-electron chi connectivity index (χ4n) is 4.02. The summed E-state index contributed by atoms with van der Waals surface area (Å²) in [5, 5.41) is 2.09. The van der Waals surface area contributed by atoms with E-state index in [1.165, 1.54) is 0 Å². The van der Waals surface area contributed by atoms with Gasteiger partial charge in [-0.05, 0) is 54.5 Å². The molecule has 1 saturated carbocycles. The van der Waals surface area contributed by atoms with E-state index in [2.05, 4.69) is 10.1 Å². The highest BCUT2D eigenvalue weighted by atomic mass is 32.2. The van der Waals surface area contributed by atoms with Crippen LogP contribution >= 0.6 is 0 Å². The molecule has 12 heteroatoms. The van der Waals surface area contributed by atoms with Gasteiger partial charge in [0.05, 0.1) is 5.25 Å². The zero-order valence-corrected chi connectivity index (χ0v) is 19.5. The van der Waals surface area contributed by atoms with Crippen molar-refractivity contribution in [3.8, 4) is 0 Å². The van der Waals surface area contributed by atoms with Crippen molar-refractivity contribution in [3.63, 3.8) is 0 Å². The van der Waals surface area contributed by atoms with Crippen LogP contribution in [-0.2, 0) is 28.0 Å². The molecule has 1 amide bonds. The van der Waals surface area contributed by atoms with Crippen LogP contribution in [0.5, 0.6) is 0 Å². The summed E-state index contributed by atoms with van der Waals surface area (Å²) in [7, 11) is 0.320. The van der Waals surface area contributed by atoms with Crippen molar-refractivity contribution in [1.82, 2.24) is 5.32 Å². The number of nitrogens with one attached hydrogen (secondary N) is 1. The van der Waals surface area contributed by atoms with Crippen molar-refractivity contribution < 1.29 is 44.6 Å². The molecule has 0 heterocycles. The minimum absolute atomic E-state index is 0.0378. The number of alkyl halides is 6. The number of benzene rings is 2. The Morgan fingerprint density at radius 2 is 1.66 bits per heavy atom. The summed E-state index contributed by atoms with van der Waals surface area (Å²) in [6.45, 7) is 1.80. The molecule has 0 aromatic heterocycles. The van der Waals surface area contributed by atoms with Crippen LogP contribution in [0.4, 0.5) is 26.3 Å². The summed E-state index contributed by atoms with van der Waals surface area (Å²) in [5.41, 5.74) is -3.69. The van der Waals surface area contributed by atoms with E-state index in [0.717, 1.165) is 30.5 Å². The fraction of sp³-hybridized carbons (Fsp3) is 0.435. The first kappa shape index (κ1) is 27.2. The minimum Gasteiger partial charge on any atom is -0.357 e. The third-order valence-electron chi connectivity index (χ3n) is 6.06. The average Bonchev–Trinajstić information content (AvgIpc) is 3.57. The summed E-state index contributed by atoms with van der Waals surface area (Å²) in [5.74, 6) is -0.547. The van der Waals surface area contributed by atoms with Gasteiger partial charge in [-0.1, -0.05) is 30.3 Å². The number of halogens is 6. The second-order valence-electron chi connectivity index (χ2n) is 8.36. The lowest BCUT2D eigenvalue weighted by atomic mass is 9.91. The van der Waals surface area contributed by atoms with Crippen molar-refractivity contribution in [2.75, 3.05) is 7.11 Å². The van der Waals surface area contributed by atoms with E-state index in [4.69, 9.17) is 0 Å². The van der Waals surface area contributed by atoms with E-state index in [0.29, 0.717) is 30.4 Å². The van der Waals surface area contributed by atoms with Crippen LogP contribution < -0.4 is 5.32 Å². The van der Waals surface area contributed by atoms with Gasteiger partial charge in [-0.2, -0.15) is 26.3 Å². The monoisotopic (exact) mass is 523 g/mol. The molecule has 35 heavy (non-hydrogen) atoms. The number of carbonyl (C=O) groups is 1. The SMILES string of the molecule is COC(c1ccc(C(=O)NCc2ccc(C(C3CC3)S(=O)O)cc2C)cc1)(C(F)(F)F)C(F)(F)F. The zero-order chi connectivity index (χ0) is 26.2. The predicted molar refractivity (Wildman–Crippen MR) is 116 cm³/mol. The maximum Gasteiger partial charge on any atom is 0.430 e. The first-order valence-corrected chi connectivity index (χ1v) is 11.7. The maximum atomic E-state index is 13.4. The lowest BCUT2D eigenvalue weighted by Crippen LogP contribution is -2.55. The lowest BCUT2D eigenvalue weighted by molar-refractivity contribution is -0.383. The Morgan fingerprint density at radius 1 is 1.09 bits per heavy atom. The van der Waals surface area contributed by atoms with Gasteiger partial charge in [-0.3, -0.25) is 4.79 Å². The number of aryl methyl sites for hydroxylation is 1. The van der Waals surface area contributed by atoms with Crippen LogP contribution in [0.3, 0.4) is 0 Å². The molecule has 0 bridgehead atoms. The van der Waals surface area contributed by atoms with Crippen molar-refractivity contribution in [3.05, 3.63) is 70.3 Å². The lowest BCUT2D eigenvalue weighted by Gasteiger charge is -2.36. The third-order valence-corrected chi connectivity index (χ3v) is 7.15. The van der Waals surface area contributed by atoms with Crippen molar-refractivity contribution in [2.24, 2.45) is 5.92 Å². The van der Waals surface area contributed by atoms with Gasteiger partial charge in [0.1, 0.15) is 0 Å². The summed E-state index contributed by atoms with van der Waals surface area (Å²) < 4.78 is 105. The molecule has 0 radical (unpaired) electrons. The molecule has 192 valence electrons. The first-order valence-electron chi connectivity index (χ1n) is 10.5. The van der Waals surface area contributed by atoms with Crippen LogP contribution in [0, 0.1) is 12.8 Å². The van der Waals surface area contributed by atoms with Gasteiger partial charge in [0.25, 0.3) is 11.5 Å². The molecule has 3 rings (SSSR count). The largest absolute Gasteiger partial charge is 0.430 e. The number of hydrogen-bond donors (Lipinski definition) is 2. The second kappa shape index (κ2) is 9.90. The highest BCUT2D eigenvalue weighted by molar-refractivity contribution is 7.79. The van der Waals surface area contributed by atoms with E-state index in [1.54, 1.807) is 25.1 Å². The maximum absolute atomic E-state index is 13.4. The van der Waals surface area contributed by atoms with Gasteiger partial charge in [0, 0.05) is 24.8 Å². The highest BCUT2D eigenvalue weighted by Gasteiger charge is 2.73. The normalized spacial score (nSPS) is 16.6. The third kappa shape index (κ3) is 5.39. The Labute approximate surface area is 200 Å². The Hall–Kier alpha value is -2.44. The van der Waals surface area contributed by atoms with Gasteiger partial charge in [-0.25, -0.2) is 4.21 Å². The van der Waals surface area contributed by atoms with Crippen molar-refractivity contribution in [1.29, 1.82) is 0 Å². The molecule has 1 fully saturated rings. The Bertz CT molecular complexity index is 1080. The average molecular weight is 523 g/mol. The summed E-state index contributed by atoms with van der Waals surface area (Å²) in [4.78, 5) is 12.5. The second-order valence-corrected chi connectivity index (χ2v) is 9.42.